The van der Waals surface area contributed by atoms with Gasteiger partial charge >= 0.3 is 0 Å². The Bertz CT molecular complexity index is 2320. The Balaban J connectivity index is 1.61. The molecule has 0 fully saturated rings. The second-order valence-electron chi connectivity index (χ2n) is 13.2. The van der Waals surface area contributed by atoms with Crippen molar-refractivity contribution < 1.29 is 15.3 Å². The average Bonchev–Trinajstić information content (AvgIpc) is 3.12. The maximum atomic E-state index is 11.4. The van der Waals surface area contributed by atoms with Crippen molar-refractivity contribution in [1.29, 1.82) is 0 Å². The molecule has 7 rings (SSSR count). The van der Waals surface area contributed by atoms with Crippen molar-refractivity contribution in [2.24, 2.45) is 0 Å². The highest BCUT2D eigenvalue weighted by Gasteiger charge is 2.32. The van der Waals surface area contributed by atoms with Crippen molar-refractivity contribution in [2.45, 2.75) is 31.0 Å². The smallest absolute Gasteiger partial charge is 0.139 e. The number of thiol groups is 1. The lowest BCUT2D eigenvalue weighted by Gasteiger charge is -2.29. The molecule has 0 amide bonds. The van der Waals surface area contributed by atoms with Crippen molar-refractivity contribution in [2.75, 3.05) is 0 Å². The number of aliphatic hydroxyl groups excluding tert-OH is 3. The van der Waals surface area contributed by atoms with Crippen LogP contribution in [0.4, 0.5) is 0 Å². The lowest BCUT2D eigenvalue weighted by molar-refractivity contribution is 0.0608. The predicted molar refractivity (Wildman–Crippen MR) is 218 cm³/mol. The largest absolute Gasteiger partial charge is 0.507 e. The fourth-order valence-corrected chi connectivity index (χ4v) is 7.89. The van der Waals surface area contributed by atoms with Crippen LogP contribution in [0, 0.1) is 0 Å². The highest BCUT2D eigenvalue weighted by atomic mass is 32.1. The van der Waals surface area contributed by atoms with E-state index in [1.807, 2.05) is 12.1 Å². The Morgan fingerprint density at radius 3 is 1.60 bits per heavy atom. The van der Waals surface area contributed by atoms with Gasteiger partial charge in [-0.3, -0.25) is 0 Å². The quantitative estimate of drug-likeness (QED) is 0.136. The highest BCUT2D eigenvalue weighted by Crippen LogP contribution is 2.45. The summed E-state index contributed by atoms with van der Waals surface area (Å²) in [7, 11) is 8.64. The first-order valence-corrected chi connectivity index (χ1v) is 16.9. The van der Waals surface area contributed by atoms with Crippen LogP contribution in [0.1, 0.15) is 19.4 Å². The highest BCUT2D eigenvalue weighted by molar-refractivity contribution is 7.80. The van der Waals surface area contributed by atoms with E-state index in [0.717, 1.165) is 65.2 Å². The molecule has 1 aliphatic rings. The lowest BCUT2D eigenvalue weighted by atomic mass is 9.65. The molecular formula is C40H36B4O3S. The first kappa shape index (κ1) is 32.2. The molecule has 1 aliphatic carbocycles. The van der Waals surface area contributed by atoms with Crippen molar-refractivity contribution in [1.82, 2.24) is 0 Å². The third-order valence-electron chi connectivity index (χ3n) is 10.6. The minimum atomic E-state index is -1.14. The first-order valence-electron chi connectivity index (χ1n) is 16.4. The van der Waals surface area contributed by atoms with Gasteiger partial charge < -0.3 is 15.3 Å². The van der Waals surface area contributed by atoms with E-state index >= 15 is 0 Å². The van der Waals surface area contributed by atoms with E-state index in [-0.39, 0.29) is 5.76 Å². The predicted octanol–water partition coefficient (Wildman–Crippen LogP) is 2.66. The summed E-state index contributed by atoms with van der Waals surface area (Å²) >= 11 is 4.90. The Labute approximate surface area is 291 Å². The van der Waals surface area contributed by atoms with Gasteiger partial charge in [0.15, 0.2) is 0 Å². The SMILES string of the molecule is Bc1c(B)c(-c2c3ccccc3c(-c3ccc(-c4ccccc4)cc3)c3ccc(C4=C(C)C(O)C(O)C(C)=C4O)cc23)c(B)c(B)c1S. The van der Waals surface area contributed by atoms with E-state index in [2.05, 4.69) is 116 Å². The molecule has 6 aromatic rings. The van der Waals surface area contributed by atoms with Crippen molar-refractivity contribution in [3.05, 3.63) is 120 Å². The number of rotatable bonds is 4. The maximum absolute atomic E-state index is 11.4. The van der Waals surface area contributed by atoms with Crippen LogP contribution in [0.5, 0.6) is 0 Å². The van der Waals surface area contributed by atoms with Crippen LogP contribution >= 0.6 is 12.6 Å². The molecule has 6 aromatic carbocycles. The summed E-state index contributed by atoms with van der Waals surface area (Å²) in [6.45, 7) is 3.45. The molecule has 3 nitrogen and oxygen atoms in total. The van der Waals surface area contributed by atoms with Gasteiger partial charge in [0.1, 0.15) is 49.4 Å². The Kier molecular flexibility index (Phi) is 8.23. The number of allylic oxidation sites excluding steroid dienone is 1. The molecule has 0 aliphatic heterocycles. The van der Waals surface area contributed by atoms with Gasteiger partial charge in [-0.1, -0.05) is 113 Å². The molecule has 48 heavy (non-hydrogen) atoms. The monoisotopic (exact) mass is 640 g/mol. The molecule has 0 bridgehead atoms. The number of hydrogen-bond donors (Lipinski definition) is 4. The normalized spacial score (nSPS) is 16.7. The van der Waals surface area contributed by atoms with Crippen molar-refractivity contribution in [3.8, 4) is 33.4 Å². The fraction of sp³-hybridized carbons (Fsp3) is 0.100. The van der Waals surface area contributed by atoms with Gasteiger partial charge in [-0.2, -0.15) is 0 Å². The summed E-state index contributed by atoms with van der Waals surface area (Å²) in [4.78, 5) is 1.01. The number of aliphatic hydroxyl groups is 3. The third kappa shape index (κ3) is 4.97. The standard InChI is InChI=1S/C40H36B4O3S/c1-19-29(37(45)20(2)39(47)38(19)46)24-16-17-27-28(18-24)31(32-33(41)35(43)40(48)36(44)34(32)42)26-11-7-6-10-25(26)30(27)23-14-12-22(13-15-23)21-8-4-3-5-9-21/h3-18,38-39,45-48H,41-44H2,1-2H3. The van der Waals surface area contributed by atoms with Crippen LogP contribution in [0.15, 0.2) is 119 Å². The van der Waals surface area contributed by atoms with Crippen LogP contribution < -0.4 is 21.9 Å². The Morgan fingerprint density at radius 2 is 0.979 bits per heavy atom. The van der Waals surface area contributed by atoms with E-state index in [1.165, 1.54) is 22.1 Å². The van der Waals surface area contributed by atoms with Crippen LogP contribution in [-0.4, -0.2) is 58.9 Å². The minimum Gasteiger partial charge on any atom is -0.507 e. The average molecular weight is 640 g/mol. The van der Waals surface area contributed by atoms with Crippen molar-refractivity contribution >= 4 is 93.0 Å². The zero-order valence-corrected chi connectivity index (χ0v) is 29.1. The summed E-state index contributed by atoms with van der Waals surface area (Å²) in [5.41, 5.74) is 13.9. The first-order chi connectivity index (χ1) is 23.0. The Hall–Kier alpha value is -4.35. The molecule has 0 radical (unpaired) electrons. The molecule has 8 heteroatoms. The van der Waals surface area contributed by atoms with E-state index < -0.39 is 12.2 Å². The molecule has 3 N–H and O–H groups in total. The van der Waals surface area contributed by atoms with Crippen LogP contribution in [0.2, 0.25) is 0 Å². The van der Waals surface area contributed by atoms with Crippen LogP contribution in [0.3, 0.4) is 0 Å². The number of fused-ring (bicyclic) bond motifs is 2. The van der Waals surface area contributed by atoms with Gasteiger partial charge in [-0.25, -0.2) is 0 Å². The zero-order chi connectivity index (χ0) is 34.0. The molecule has 2 atom stereocenters. The number of hydrogen-bond acceptors (Lipinski definition) is 4. The second kappa shape index (κ2) is 12.3. The third-order valence-corrected chi connectivity index (χ3v) is 11.3. The molecule has 0 aromatic heterocycles. The van der Waals surface area contributed by atoms with Crippen LogP contribution in [0.25, 0.3) is 60.5 Å². The molecule has 0 spiro atoms. The maximum Gasteiger partial charge on any atom is 0.139 e. The molecule has 232 valence electrons. The zero-order valence-electron chi connectivity index (χ0n) is 28.2. The van der Waals surface area contributed by atoms with Crippen molar-refractivity contribution in [3.63, 3.8) is 0 Å². The summed E-state index contributed by atoms with van der Waals surface area (Å²) in [6.07, 6.45) is -2.24. The summed E-state index contributed by atoms with van der Waals surface area (Å²) in [5.74, 6) is 0.0159. The van der Waals surface area contributed by atoms with Crippen LogP contribution in [-0.2, 0) is 0 Å². The van der Waals surface area contributed by atoms with Gasteiger partial charge in [0.2, 0.25) is 0 Å². The van der Waals surface area contributed by atoms with E-state index in [4.69, 9.17) is 12.6 Å². The molecule has 0 saturated heterocycles. The van der Waals surface area contributed by atoms with E-state index in [1.54, 1.807) is 13.8 Å². The van der Waals surface area contributed by atoms with E-state index in [0.29, 0.717) is 16.7 Å². The minimum absolute atomic E-state index is 0.0159. The van der Waals surface area contributed by atoms with Gasteiger partial charge in [0.05, 0.1) is 0 Å². The lowest BCUT2D eigenvalue weighted by Crippen LogP contribution is -2.44. The molecule has 0 heterocycles. The number of benzene rings is 6. The van der Waals surface area contributed by atoms with Gasteiger partial charge in [-0.05, 0) is 90.9 Å². The van der Waals surface area contributed by atoms with Gasteiger partial charge in [0.25, 0.3) is 0 Å². The molecule has 0 saturated carbocycles. The van der Waals surface area contributed by atoms with Gasteiger partial charge in [-0.15, -0.1) is 12.6 Å². The molecule has 2 unspecified atom stereocenters. The Morgan fingerprint density at radius 1 is 0.500 bits per heavy atom. The molecular weight excluding hydrogens is 604 g/mol. The van der Waals surface area contributed by atoms with Gasteiger partial charge in [0, 0.05) is 11.1 Å². The second-order valence-corrected chi connectivity index (χ2v) is 13.6. The topological polar surface area (TPSA) is 60.7 Å². The fourth-order valence-electron chi connectivity index (χ4n) is 7.55. The summed E-state index contributed by atoms with van der Waals surface area (Å²) < 4.78 is 0. The van der Waals surface area contributed by atoms with E-state index in [9.17, 15) is 15.3 Å². The summed E-state index contributed by atoms with van der Waals surface area (Å²) in [5, 5.41) is 37.4. The summed E-state index contributed by atoms with van der Waals surface area (Å²) in [6, 6.07) is 34.2.